The zero-order valence-electron chi connectivity index (χ0n) is 11.9. The largest absolute Gasteiger partial charge is 0.466 e. The number of benzene rings is 1. The molecule has 0 unspecified atom stereocenters. The van der Waals surface area contributed by atoms with Crippen molar-refractivity contribution < 1.29 is 9.53 Å². The summed E-state index contributed by atoms with van der Waals surface area (Å²) < 4.78 is 6.12. The Morgan fingerprint density at radius 3 is 2.85 bits per heavy atom. The summed E-state index contributed by atoms with van der Waals surface area (Å²) in [7, 11) is 0. The lowest BCUT2D eigenvalue weighted by molar-refractivity contribution is -0.143. The number of carbonyl (C=O) groups excluding carboxylic acids is 1. The predicted octanol–water partition coefficient (Wildman–Crippen LogP) is 3.63. The number of ether oxygens (including phenoxy) is 1. The lowest BCUT2D eigenvalue weighted by Crippen LogP contribution is -2.40. The highest BCUT2D eigenvalue weighted by Crippen LogP contribution is 2.39. The van der Waals surface area contributed by atoms with Gasteiger partial charge in [-0.15, -0.1) is 0 Å². The highest BCUT2D eigenvalue weighted by molar-refractivity contribution is 9.10. The van der Waals surface area contributed by atoms with Gasteiger partial charge in [0.25, 0.3) is 0 Å². The molecule has 2 rings (SSSR count). The Morgan fingerprint density at radius 2 is 2.15 bits per heavy atom. The second kappa shape index (κ2) is 7.79. The molecule has 20 heavy (non-hydrogen) atoms. The number of hydrogen-bond donors (Lipinski definition) is 1. The van der Waals surface area contributed by atoms with Crippen molar-refractivity contribution in [3.8, 4) is 0 Å². The van der Waals surface area contributed by atoms with Crippen molar-refractivity contribution in [3.05, 3.63) is 34.3 Å². The van der Waals surface area contributed by atoms with Crippen LogP contribution in [0.25, 0.3) is 0 Å². The molecule has 1 fully saturated rings. The highest BCUT2D eigenvalue weighted by atomic mass is 79.9. The Bertz CT molecular complexity index is 444. The van der Waals surface area contributed by atoms with Gasteiger partial charge >= 0.3 is 5.97 Å². The second-order valence-electron chi connectivity index (χ2n) is 5.25. The number of nitrogens with one attached hydrogen (secondary N) is 1. The second-order valence-corrected chi connectivity index (χ2v) is 6.10. The van der Waals surface area contributed by atoms with E-state index in [-0.39, 0.29) is 5.97 Å². The molecule has 1 saturated carbocycles. The van der Waals surface area contributed by atoms with Crippen LogP contribution in [0.4, 0.5) is 0 Å². The third-order valence-corrected chi connectivity index (χ3v) is 4.50. The first-order valence-corrected chi connectivity index (χ1v) is 8.13. The summed E-state index contributed by atoms with van der Waals surface area (Å²) in [4.78, 5) is 11.2. The van der Waals surface area contributed by atoms with Gasteiger partial charge in [-0.3, -0.25) is 4.79 Å². The van der Waals surface area contributed by atoms with E-state index >= 15 is 0 Å². The van der Waals surface area contributed by atoms with Crippen LogP contribution in [0, 0.1) is 0 Å². The molecule has 110 valence electrons. The molecule has 1 N–H and O–H groups in total. The first-order valence-electron chi connectivity index (χ1n) is 7.34. The molecule has 1 aliphatic carbocycles. The van der Waals surface area contributed by atoms with Crippen LogP contribution >= 0.6 is 15.9 Å². The number of halogens is 1. The SMILES string of the molecule is CCOC(=O)CCCNC1CC(c2ccccc2Br)C1. The average molecular weight is 340 g/mol. The van der Waals surface area contributed by atoms with Crippen molar-refractivity contribution in [2.75, 3.05) is 13.2 Å². The van der Waals surface area contributed by atoms with Crippen molar-refractivity contribution in [1.29, 1.82) is 0 Å². The van der Waals surface area contributed by atoms with E-state index in [1.54, 1.807) is 0 Å². The van der Waals surface area contributed by atoms with Crippen molar-refractivity contribution in [2.45, 2.75) is 44.6 Å². The van der Waals surface area contributed by atoms with Gasteiger partial charge in [-0.05, 0) is 50.3 Å². The van der Waals surface area contributed by atoms with Gasteiger partial charge in [0.1, 0.15) is 0 Å². The smallest absolute Gasteiger partial charge is 0.305 e. The summed E-state index contributed by atoms with van der Waals surface area (Å²) in [6.07, 6.45) is 3.74. The van der Waals surface area contributed by atoms with E-state index in [9.17, 15) is 4.79 Å². The van der Waals surface area contributed by atoms with Gasteiger partial charge < -0.3 is 10.1 Å². The van der Waals surface area contributed by atoms with Crippen LogP contribution in [-0.2, 0) is 9.53 Å². The summed E-state index contributed by atoms with van der Waals surface area (Å²) in [6.45, 7) is 3.21. The molecule has 1 aliphatic rings. The Labute approximate surface area is 129 Å². The topological polar surface area (TPSA) is 38.3 Å². The number of carbonyl (C=O) groups is 1. The van der Waals surface area contributed by atoms with Crippen molar-refractivity contribution in [1.82, 2.24) is 5.32 Å². The third-order valence-electron chi connectivity index (χ3n) is 3.78. The monoisotopic (exact) mass is 339 g/mol. The first-order chi connectivity index (χ1) is 9.70. The van der Waals surface area contributed by atoms with Gasteiger partial charge in [0.15, 0.2) is 0 Å². The van der Waals surface area contributed by atoms with Gasteiger partial charge in [-0.25, -0.2) is 0 Å². The Balaban J connectivity index is 1.60. The fourth-order valence-corrected chi connectivity index (χ4v) is 3.23. The molecular formula is C16H22BrNO2. The molecule has 1 aromatic carbocycles. The summed E-state index contributed by atoms with van der Waals surface area (Å²) in [6, 6.07) is 9.05. The lowest BCUT2D eigenvalue weighted by Gasteiger charge is -2.37. The van der Waals surface area contributed by atoms with Crippen LogP contribution in [-0.4, -0.2) is 25.2 Å². The fourth-order valence-electron chi connectivity index (χ4n) is 2.62. The van der Waals surface area contributed by atoms with Crippen LogP contribution in [0.15, 0.2) is 28.7 Å². The molecule has 0 radical (unpaired) electrons. The zero-order valence-corrected chi connectivity index (χ0v) is 13.5. The van der Waals surface area contributed by atoms with Crippen molar-refractivity contribution >= 4 is 21.9 Å². The summed E-state index contributed by atoms with van der Waals surface area (Å²) in [5.74, 6) is 0.571. The molecular weight excluding hydrogens is 318 g/mol. The van der Waals surface area contributed by atoms with Crippen molar-refractivity contribution in [3.63, 3.8) is 0 Å². The summed E-state index contributed by atoms with van der Waals surface area (Å²) >= 11 is 3.61. The minimum atomic E-state index is -0.0889. The van der Waals surface area contributed by atoms with Crippen LogP contribution in [0.3, 0.4) is 0 Å². The van der Waals surface area contributed by atoms with E-state index in [1.807, 2.05) is 6.92 Å². The lowest BCUT2D eigenvalue weighted by atomic mass is 9.76. The standard InChI is InChI=1S/C16H22BrNO2/c1-2-20-16(19)8-5-9-18-13-10-12(11-13)14-6-3-4-7-15(14)17/h3-4,6-7,12-13,18H,2,5,8-11H2,1H3. The molecule has 0 saturated heterocycles. The van der Waals surface area contributed by atoms with Crippen LogP contribution in [0.1, 0.15) is 44.1 Å². The molecule has 1 aromatic rings. The van der Waals surface area contributed by atoms with Crippen molar-refractivity contribution in [2.24, 2.45) is 0 Å². The third kappa shape index (κ3) is 4.32. The maximum atomic E-state index is 11.2. The van der Waals surface area contributed by atoms with Gasteiger partial charge in [-0.1, -0.05) is 34.1 Å². The molecule has 0 spiro atoms. The molecule has 0 aliphatic heterocycles. The van der Waals surface area contributed by atoms with E-state index < -0.39 is 0 Å². The average Bonchev–Trinajstić information content (AvgIpc) is 2.38. The van der Waals surface area contributed by atoms with Gasteiger partial charge in [0, 0.05) is 16.9 Å². The molecule has 0 bridgehead atoms. The number of rotatable bonds is 7. The quantitative estimate of drug-likeness (QED) is 0.609. The Morgan fingerprint density at radius 1 is 1.40 bits per heavy atom. The van der Waals surface area contributed by atoms with Gasteiger partial charge in [0.2, 0.25) is 0 Å². The van der Waals surface area contributed by atoms with Crippen LogP contribution in [0.2, 0.25) is 0 Å². The Kier molecular flexibility index (Phi) is 6.05. The number of esters is 1. The molecule has 4 heteroatoms. The van der Waals surface area contributed by atoms with Gasteiger partial charge in [0.05, 0.1) is 6.61 Å². The summed E-state index contributed by atoms with van der Waals surface area (Å²) in [5, 5.41) is 3.51. The van der Waals surface area contributed by atoms with E-state index in [2.05, 4.69) is 45.5 Å². The molecule has 3 nitrogen and oxygen atoms in total. The minimum absolute atomic E-state index is 0.0889. The maximum Gasteiger partial charge on any atom is 0.305 e. The van der Waals surface area contributed by atoms with E-state index in [0.29, 0.717) is 25.0 Å². The molecule has 0 atom stereocenters. The normalized spacial score (nSPS) is 21.3. The molecule has 0 aromatic heterocycles. The maximum absolute atomic E-state index is 11.2. The highest BCUT2D eigenvalue weighted by Gasteiger charge is 2.30. The predicted molar refractivity (Wildman–Crippen MR) is 83.8 cm³/mol. The first kappa shape index (κ1) is 15.5. The zero-order chi connectivity index (χ0) is 14.4. The van der Waals surface area contributed by atoms with Gasteiger partial charge in [-0.2, -0.15) is 0 Å². The Hall–Kier alpha value is -0.870. The van der Waals surface area contributed by atoms with E-state index in [1.165, 1.54) is 22.9 Å². The molecule has 0 amide bonds. The van der Waals surface area contributed by atoms with Crippen LogP contribution < -0.4 is 5.32 Å². The molecule has 0 heterocycles. The minimum Gasteiger partial charge on any atom is -0.466 e. The van der Waals surface area contributed by atoms with E-state index in [0.717, 1.165) is 13.0 Å². The van der Waals surface area contributed by atoms with E-state index in [4.69, 9.17) is 4.74 Å². The number of hydrogen-bond acceptors (Lipinski definition) is 3. The fraction of sp³-hybridized carbons (Fsp3) is 0.562. The van der Waals surface area contributed by atoms with Crippen LogP contribution in [0.5, 0.6) is 0 Å². The summed E-state index contributed by atoms with van der Waals surface area (Å²) in [5.41, 5.74) is 1.41.